The summed E-state index contributed by atoms with van der Waals surface area (Å²) < 4.78 is 0. The van der Waals surface area contributed by atoms with Crippen LogP contribution in [0.2, 0.25) is 10.0 Å². The number of nitrogens with zero attached hydrogens (tertiary/aromatic N) is 2. The van der Waals surface area contributed by atoms with Gasteiger partial charge < -0.3 is 15.5 Å². The summed E-state index contributed by atoms with van der Waals surface area (Å²) in [5.74, 6) is -0.260. The van der Waals surface area contributed by atoms with Crippen molar-refractivity contribution in [2.75, 3.05) is 33.2 Å². The number of nitrogens with one attached hydrogen (secondary N) is 2. The molecule has 0 radical (unpaired) electrons. The van der Waals surface area contributed by atoms with E-state index in [1.165, 1.54) is 5.56 Å². The summed E-state index contributed by atoms with van der Waals surface area (Å²) in [5.41, 5.74) is 4.77. The van der Waals surface area contributed by atoms with Crippen LogP contribution in [0.4, 0.5) is 0 Å². The second-order valence-corrected chi connectivity index (χ2v) is 11.9. The number of carbonyl (C=O) groups excluding carboxylic acids is 2. The molecule has 3 aromatic rings. The van der Waals surface area contributed by atoms with Gasteiger partial charge in [0.1, 0.15) is 0 Å². The first-order chi connectivity index (χ1) is 19.7. The summed E-state index contributed by atoms with van der Waals surface area (Å²) in [6.07, 6.45) is 2.53. The lowest BCUT2D eigenvalue weighted by Gasteiger charge is -2.36. The Labute approximate surface area is 254 Å². The van der Waals surface area contributed by atoms with Gasteiger partial charge in [0.15, 0.2) is 0 Å². The molecule has 2 amide bonds. The molecule has 1 heterocycles. The van der Waals surface area contributed by atoms with Gasteiger partial charge >= 0.3 is 0 Å². The maximum Gasteiger partial charge on any atom is 0.251 e. The van der Waals surface area contributed by atoms with Crippen molar-refractivity contribution in [2.45, 2.75) is 51.7 Å². The highest BCUT2D eigenvalue weighted by atomic mass is 35.5. The highest BCUT2D eigenvalue weighted by molar-refractivity contribution is 6.42. The van der Waals surface area contributed by atoms with Crippen LogP contribution in [0.5, 0.6) is 0 Å². The smallest absolute Gasteiger partial charge is 0.251 e. The molecule has 0 saturated carbocycles. The van der Waals surface area contributed by atoms with E-state index < -0.39 is 6.04 Å². The van der Waals surface area contributed by atoms with Crippen molar-refractivity contribution in [1.82, 2.24) is 20.4 Å². The summed E-state index contributed by atoms with van der Waals surface area (Å²) >= 11 is 12.4. The summed E-state index contributed by atoms with van der Waals surface area (Å²) in [7, 11) is 2.10. The molecule has 218 valence electrons. The zero-order valence-corrected chi connectivity index (χ0v) is 25.6. The van der Waals surface area contributed by atoms with Gasteiger partial charge in [-0.05, 0) is 82.2 Å². The van der Waals surface area contributed by atoms with Crippen LogP contribution in [-0.2, 0) is 11.3 Å². The average Bonchev–Trinajstić information content (AvgIpc) is 2.95. The molecular formula is C33H40Cl2N4O2. The van der Waals surface area contributed by atoms with Crippen LogP contribution in [0.3, 0.4) is 0 Å². The Bertz CT molecular complexity index is 1310. The zero-order valence-electron chi connectivity index (χ0n) is 24.1. The van der Waals surface area contributed by atoms with E-state index in [-0.39, 0.29) is 18.4 Å². The molecule has 8 heteroatoms. The highest BCUT2D eigenvalue weighted by Crippen LogP contribution is 2.26. The molecule has 1 aliphatic rings. The van der Waals surface area contributed by atoms with Crippen molar-refractivity contribution >= 4 is 35.0 Å². The summed E-state index contributed by atoms with van der Waals surface area (Å²) in [6.45, 7) is 7.91. The third kappa shape index (κ3) is 9.30. The number of amides is 2. The second-order valence-electron chi connectivity index (χ2n) is 11.1. The van der Waals surface area contributed by atoms with Crippen molar-refractivity contribution in [3.63, 3.8) is 0 Å². The fourth-order valence-corrected chi connectivity index (χ4v) is 5.78. The Morgan fingerprint density at radius 1 is 0.951 bits per heavy atom. The van der Waals surface area contributed by atoms with Crippen LogP contribution >= 0.6 is 23.2 Å². The number of halogens is 2. The highest BCUT2D eigenvalue weighted by Gasteiger charge is 2.24. The van der Waals surface area contributed by atoms with E-state index >= 15 is 0 Å². The SMILES string of the molecule is Cc1cc(C)cc(C(=O)NCC(NC(=O)CCN(C)C2CCN(Cc3ccccc3)CC2)c2ccc(Cl)c(Cl)c2)c1. The molecule has 0 aromatic heterocycles. The molecule has 1 saturated heterocycles. The van der Waals surface area contributed by atoms with Crippen molar-refractivity contribution in [3.8, 4) is 0 Å². The molecular weight excluding hydrogens is 555 g/mol. The van der Waals surface area contributed by atoms with Gasteiger partial charge in [-0.25, -0.2) is 0 Å². The van der Waals surface area contributed by atoms with E-state index in [0.717, 1.165) is 49.2 Å². The third-order valence-electron chi connectivity index (χ3n) is 7.75. The molecule has 3 aromatic carbocycles. The molecule has 0 spiro atoms. The number of hydrogen-bond acceptors (Lipinski definition) is 4. The number of carbonyl (C=O) groups is 2. The first kappa shape index (κ1) is 31.0. The maximum atomic E-state index is 13.1. The summed E-state index contributed by atoms with van der Waals surface area (Å²) in [5, 5.41) is 6.94. The molecule has 6 nitrogen and oxygen atoms in total. The van der Waals surface area contributed by atoms with Gasteiger partial charge in [0.25, 0.3) is 5.91 Å². The van der Waals surface area contributed by atoms with Crippen LogP contribution in [-0.4, -0.2) is 60.9 Å². The number of rotatable bonds is 11. The number of piperidine rings is 1. The minimum absolute atomic E-state index is 0.0740. The Kier molecular flexibility index (Phi) is 11.2. The first-order valence-corrected chi connectivity index (χ1v) is 15.0. The molecule has 1 fully saturated rings. The van der Waals surface area contributed by atoms with E-state index in [1.807, 2.05) is 38.1 Å². The normalized spacial score (nSPS) is 15.1. The fraction of sp³-hybridized carbons (Fsp3) is 0.394. The van der Waals surface area contributed by atoms with Crippen molar-refractivity contribution < 1.29 is 9.59 Å². The van der Waals surface area contributed by atoms with Gasteiger partial charge in [0, 0.05) is 37.7 Å². The topological polar surface area (TPSA) is 64.7 Å². The summed E-state index contributed by atoms with van der Waals surface area (Å²) in [4.78, 5) is 30.8. The Morgan fingerprint density at radius 3 is 2.29 bits per heavy atom. The number of hydrogen-bond donors (Lipinski definition) is 2. The molecule has 4 rings (SSSR count). The molecule has 1 atom stereocenters. The largest absolute Gasteiger partial charge is 0.350 e. The number of aryl methyl sites for hydroxylation is 2. The Hall–Kier alpha value is -2.90. The molecule has 41 heavy (non-hydrogen) atoms. The predicted octanol–water partition coefficient (Wildman–Crippen LogP) is 6.18. The van der Waals surface area contributed by atoms with E-state index in [9.17, 15) is 9.59 Å². The number of likely N-dealkylation sites (tertiary alicyclic amines) is 1. The van der Waals surface area contributed by atoms with E-state index in [1.54, 1.807) is 12.1 Å². The Morgan fingerprint density at radius 2 is 1.63 bits per heavy atom. The van der Waals surface area contributed by atoms with Crippen LogP contribution in [0, 0.1) is 13.8 Å². The standard InChI is InChI=1S/C33H40Cl2N4O2/c1-23-17-24(2)19-27(18-23)33(41)36-21-31(26-9-10-29(34)30(35)20-26)37-32(40)13-14-38(3)28-11-15-39(16-12-28)22-25-7-5-4-6-8-25/h4-10,17-20,28,31H,11-16,21-22H2,1-3H3,(H,36,41)(H,37,40). The van der Waals surface area contributed by atoms with Crippen molar-refractivity contribution in [2.24, 2.45) is 0 Å². The minimum Gasteiger partial charge on any atom is -0.350 e. The van der Waals surface area contributed by atoms with Gasteiger partial charge in [0.2, 0.25) is 5.91 Å². The zero-order chi connectivity index (χ0) is 29.4. The molecule has 2 N–H and O–H groups in total. The van der Waals surface area contributed by atoms with Crippen molar-refractivity contribution in [1.29, 1.82) is 0 Å². The average molecular weight is 596 g/mol. The number of benzene rings is 3. The predicted molar refractivity (Wildman–Crippen MR) is 168 cm³/mol. The van der Waals surface area contributed by atoms with E-state index in [2.05, 4.69) is 57.8 Å². The van der Waals surface area contributed by atoms with Crippen molar-refractivity contribution in [3.05, 3.63) is 105 Å². The fourth-order valence-electron chi connectivity index (χ4n) is 5.47. The van der Waals surface area contributed by atoms with E-state index in [4.69, 9.17) is 23.2 Å². The molecule has 1 unspecified atom stereocenters. The van der Waals surface area contributed by atoms with Gasteiger partial charge in [-0.15, -0.1) is 0 Å². The van der Waals surface area contributed by atoms with E-state index in [0.29, 0.717) is 34.6 Å². The van der Waals surface area contributed by atoms with Crippen LogP contribution in [0.25, 0.3) is 0 Å². The van der Waals surface area contributed by atoms with Gasteiger partial charge in [-0.2, -0.15) is 0 Å². The quantitative estimate of drug-likeness (QED) is 0.278. The third-order valence-corrected chi connectivity index (χ3v) is 8.49. The lowest BCUT2D eigenvalue weighted by Crippen LogP contribution is -2.44. The van der Waals surface area contributed by atoms with Gasteiger partial charge in [-0.1, -0.05) is 76.8 Å². The lowest BCUT2D eigenvalue weighted by molar-refractivity contribution is -0.122. The Balaban J connectivity index is 1.30. The van der Waals surface area contributed by atoms with Gasteiger partial charge in [0.05, 0.1) is 16.1 Å². The van der Waals surface area contributed by atoms with Crippen LogP contribution in [0.15, 0.2) is 66.7 Å². The van der Waals surface area contributed by atoms with Crippen LogP contribution < -0.4 is 10.6 Å². The lowest BCUT2D eigenvalue weighted by atomic mass is 10.0. The van der Waals surface area contributed by atoms with Crippen LogP contribution in [0.1, 0.15) is 57.9 Å². The first-order valence-electron chi connectivity index (χ1n) is 14.3. The monoisotopic (exact) mass is 594 g/mol. The molecule has 0 bridgehead atoms. The second kappa shape index (κ2) is 14.8. The molecule has 0 aliphatic carbocycles. The van der Waals surface area contributed by atoms with Gasteiger partial charge in [-0.3, -0.25) is 14.5 Å². The minimum atomic E-state index is -0.446. The maximum absolute atomic E-state index is 13.1. The molecule has 1 aliphatic heterocycles. The summed E-state index contributed by atoms with van der Waals surface area (Å²) in [6, 6.07) is 21.6.